The molecular formula is C15H16N2O3S. The van der Waals surface area contributed by atoms with Crippen LogP contribution in [-0.2, 0) is 0 Å². The van der Waals surface area contributed by atoms with Crippen LogP contribution < -0.4 is 10.2 Å². The lowest BCUT2D eigenvalue weighted by Crippen LogP contribution is -2.39. The molecule has 0 aliphatic rings. The molecule has 6 heteroatoms. The van der Waals surface area contributed by atoms with E-state index in [2.05, 4.69) is 5.32 Å². The number of carbonyl (C=O) groups is 2. The molecule has 110 valence electrons. The Morgan fingerprint density at radius 2 is 2.00 bits per heavy atom. The molecule has 0 aliphatic heterocycles. The van der Waals surface area contributed by atoms with Crippen molar-refractivity contribution in [2.24, 2.45) is 0 Å². The summed E-state index contributed by atoms with van der Waals surface area (Å²) in [7, 11) is 1.55. The number of rotatable bonds is 4. The molecule has 1 atom stereocenters. The number of carboxylic acids is 1. The van der Waals surface area contributed by atoms with Crippen molar-refractivity contribution in [3.05, 3.63) is 52.2 Å². The average Bonchev–Trinajstić information content (AvgIpc) is 3.00. The van der Waals surface area contributed by atoms with Crippen molar-refractivity contribution in [2.75, 3.05) is 11.9 Å². The van der Waals surface area contributed by atoms with Crippen molar-refractivity contribution in [2.45, 2.75) is 13.0 Å². The van der Waals surface area contributed by atoms with Gasteiger partial charge in [-0.15, -0.1) is 0 Å². The molecule has 0 saturated carbocycles. The Bertz CT molecular complexity index is 640. The number of aromatic carboxylic acids is 1. The summed E-state index contributed by atoms with van der Waals surface area (Å²) in [5.41, 5.74) is 1.48. The van der Waals surface area contributed by atoms with Gasteiger partial charge in [0, 0.05) is 7.05 Å². The first-order valence-corrected chi connectivity index (χ1v) is 7.33. The molecule has 0 fully saturated rings. The second-order valence-corrected chi connectivity index (χ2v) is 5.39. The highest BCUT2D eigenvalue weighted by molar-refractivity contribution is 7.07. The van der Waals surface area contributed by atoms with Crippen LogP contribution in [0.3, 0.4) is 0 Å². The highest BCUT2D eigenvalue weighted by atomic mass is 32.1. The monoisotopic (exact) mass is 304 g/mol. The van der Waals surface area contributed by atoms with Crippen LogP contribution >= 0.6 is 11.3 Å². The van der Waals surface area contributed by atoms with Gasteiger partial charge < -0.3 is 10.4 Å². The zero-order chi connectivity index (χ0) is 15.4. The minimum absolute atomic E-state index is 0.0957. The van der Waals surface area contributed by atoms with Crippen molar-refractivity contribution in [1.29, 1.82) is 0 Å². The average molecular weight is 304 g/mol. The molecule has 0 aliphatic carbocycles. The second-order valence-electron chi connectivity index (χ2n) is 4.61. The molecule has 2 amide bonds. The Morgan fingerprint density at radius 3 is 2.62 bits per heavy atom. The molecule has 1 aromatic heterocycles. The number of carboxylic acid groups (broad SMARTS) is 1. The van der Waals surface area contributed by atoms with Gasteiger partial charge in [-0.05, 0) is 41.4 Å². The van der Waals surface area contributed by atoms with Gasteiger partial charge in [0.25, 0.3) is 0 Å². The van der Waals surface area contributed by atoms with E-state index in [0.717, 1.165) is 5.56 Å². The third kappa shape index (κ3) is 3.41. The van der Waals surface area contributed by atoms with Gasteiger partial charge >= 0.3 is 12.0 Å². The molecule has 2 aromatic rings. The van der Waals surface area contributed by atoms with E-state index in [1.807, 2.05) is 23.8 Å². The third-order valence-corrected chi connectivity index (χ3v) is 3.89. The maximum absolute atomic E-state index is 12.2. The van der Waals surface area contributed by atoms with Gasteiger partial charge in [-0.3, -0.25) is 4.90 Å². The standard InChI is InChI=1S/C15H16N2O3S/c1-10(11-7-8-21-9-11)16-15(20)17(2)13-6-4-3-5-12(13)14(18)19/h3-10H,1-2H3,(H,16,20)(H,18,19). The molecule has 1 unspecified atom stereocenters. The normalized spacial score (nSPS) is 11.7. The van der Waals surface area contributed by atoms with Gasteiger partial charge in [0.2, 0.25) is 0 Å². The Hall–Kier alpha value is -2.34. The van der Waals surface area contributed by atoms with Gasteiger partial charge in [-0.25, -0.2) is 9.59 Å². The molecule has 0 bridgehead atoms. The molecule has 5 nitrogen and oxygen atoms in total. The molecule has 0 radical (unpaired) electrons. The zero-order valence-electron chi connectivity index (χ0n) is 11.7. The third-order valence-electron chi connectivity index (χ3n) is 3.18. The molecule has 1 aromatic carbocycles. The minimum Gasteiger partial charge on any atom is -0.478 e. The summed E-state index contributed by atoms with van der Waals surface area (Å²) in [5.74, 6) is -1.06. The van der Waals surface area contributed by atoms with Crippen LogP contribution in [0.1, 0.15) is 28.9 Å². The Balaban J connectivity index is 2.14. The fraction of sp³-hybridized carbons (Fsp3) is 0.200. The number of hydrogen-bond donors (Lipinski definition) is 2. The van der Waals surface area contributed by atoms with Gasteiger partial charge in [0.15, 0.2) is 0 Å². The molecular weight excluding hydrogens is 288 g/mol. The SMILES string of the molecule is CC(NC(=O)N(C)c1ccccc1C(=O)O)c1ccsc1. The summed E-state index contributed by atoms with van der Waals surface area (Å²) in [4.78, 5) is 24.8. The molecule has 0 spiro atoms. The number of nitrogens with zero attached hydrogens (tertiary/aromatic N) is 1. The van der Waals surface area contributed by atoms with Crippen LogP contribution in [0.5, 0.6) is 0 Å². The Kier molecular flexibility index (Phi) is 4.59. The van der Waals surface area contributed by atoms with Crippen molar-refractivity contribution < 1.29 is 14.7 Å². The van der Waals surface area contributed by atoms with Crippen molar-refractivity contribution in [3.63, 3.8) is 0 Å². The maximum Gasteiger partial charge on any atom is 0.337 e. The maximum atomic E-state index is 12.2. The van der Waals surface area contributed by atoms with Crippen LogP contribution in [-0.4, -0.2) is 24.2 Å². The van der Waals surface area contributed by atoms with Crippen LogP contribution in [0.15, 0.2) is 41.1 Å². The van der Waals surface area contributed by atoms with E-state index in [9.17, 15) is 14.7 Å². The highest BCUT2D eigenvalue weighted by Gasteiger charge is 2.19. The number of urea groups is 1. The van der Waals surface area contributed by atoms with Gasteiger partial charge in [-0.2, -0.15) is 11.3 Å². The molecule has 2 rings (SSSR count). The number of thiophene rings is 1. The van der Waals surface area contributed by atoms with E-state index in [4.69, 9.17) is 0 Å². The second kappa shape index (κ2) is 6.41. The lowest BCUT2D eigenvalue weighted by molar-refractivity contribution is 0.0697. The highest BCUT2D eigenvalue weighted by Crippen LogP contribution is 2.21. The first kappa shape index (κ1) is 15.1. The topological polar surface area (TPSA) is 69.6 Å². The first-order chi connectivity index (χ1) is 10.0. The largest absolute Gasteiger partial charge is 0.478 e. The molecule has 2 N–H and O–H groups in total. The predicted molar refractivity (Wildman–Crippen MR) is 83.1 cm³/mol. The molecule has 0 saturated heterocycles. The van der Waals surface area contributed by atoms with Crippen LogP contribution in [0, 0.1) is 0 Å². The van der Waals surface area contributed by atoms with Crippen LogP contribution in [0.25, 0.3) is 0 Å². The Morgan fingerprint density at radius 1 is 1.29 bits per heavy atom. The molecule has 21 heavy (non-hydrogen) atoms. The lowest BCUT2D eigenvalue weighted by atomic mass is 10.1. The predicted octanol–water partition coefficient (Wildman–Crippen LogP) is 3.35. The van der Waals surface area contributed by atoms with E-state index < -0.39 is 5.97 Å². The summed E-state index contributed by atoms with van der Waals surface area (Å²) in [6.07, 6.45) is 0. The fourth-order valence-corrected chi connectivity index (χ4v) is 2.70. The number of nitrogens with one attached hydrogen (secondary N) is 1. The van der Waals surface area contributed by atoms with Crippen molar-refractivity contribution in [3.8, 4) is 0 Å². The van der Waals surface area contributed by atoms with E-state index in [1.165, 1.54) is 11.0 Å². The number of anilines is 1. The summed E-state index contributed by atoms with van der Waals surface area (Å²) in [6, 6.07) is 7.88. The Labute approximate surface area is 126 Å². The first-order valence-electron chi connectivity index (χ1n) is 6.39. The fourth-order valence-electron chi connectivity index (χ4n) is 1.94. The van der Waals surface area contributed by atoms with Crippen LogP contribution in [0.2, 0.25) is 0 Å². The van der Waals surface area contributed by atoms with Crippen LogP contribution in [0.4, 0.5) is 10.5 Å². The number of hydrogen-bond acceptors (Lipinski definition) is 3. The number of carbonyl (C=O) groups excluding carboxylic acids is 1. The van der Waals surface area contributed by atoms with Crippen molar-refractivity contribution in [1.82, 2.24) is 5.32 Å². The van der Waals surface area contributed by atoms with Gasteiger partial charge in [0.05, 0.1) is 17.3 Å². The van der Waals surface area contributed by atoms with E-state index >= 15 is 0 Å². The van der Waals surface area contributed by atoms with E-state index in [-0.39, 0.29) is 17.6 Å². The lowest BCUT2D eigenvalue weighted by Gasteiger charge is -2.22. The van der Waals surface area contributed by atoms with Crippen molar-refractivity contribution >= 4 is 29.0 Å². The van der Waals surface area contributed by atoms with Gasteiger partial charge in [-0.1, -0.05) is 12.1 Å². The number of benzene rings is 1. The van der Waals surface area contributed by atoms with Gasteiger partial charge in [0.1, 0.15) is 0 Å². The molecule has 1 heterocycles. The minimum atomic E-state index is -1.06. The summed E-state index contributed by atoms with van der Waals surface area (Å²) in [5, 5.41) is 15.9. The summed E-state index contributed by atoms with van der Waals surface area (Å²) < 4.78 is 0. The smallest absolute Gasteiger partial charge is 0.337 e. The van der Waals surface area contributed by atoms with E-state index in [1.54, 1.807) is 36.6 Å². The van der Waals surface area contributed by atoms with E-state index in [0.29, 0.717) is 5.69 Å². The summed E-state index contributed by atoms with van der Waals surface area (Å²) >= 11 is 1.56. The zero-order valence-corrected chi connectivity index (χ0v) is 12.6. The quantitative estimate of drug-likeness (QED) is 0.910. The summed E-state index contributed by atoms with van der Waals surface area (Å²) in [6.45, 7) is 1.89. The number of para-hydroxylation sites is 1. The number of amides is 2.